The van der Waals surface area contributed by atoms with Crippen LogP contribution in [0, 0.1) is 0 Å². The molecule has 0 spiro atoms. The van der Waals surface area contributed by atoms with Crippen molar-refractivity contribution in [1.29, 1.82) is 0 Å². The van der Waals surface area contributed by atoms with Crippen molar-refractivity contribution >= 4 is 23.5 Å². The molecule has 2 heterocycles. The van der Waals surface area contributed by atoms with Gasteiger partial charge in [-0.05, 0) is 5.56 Å². The molecule has 1 aromatic carbocycles. The van der Waals surface area contributed by atoms with Crippen LogP contribution in [0.4, 0.5) is 5.82 Å². The molecule has 0 bridgehead atoms. The van der Waals surface area contributed by atoms with Gasteiger partial charge < -0.3 is 20.3 Å². The van der Waals surface area contributed by atoms with Gasteiger partial charge in [-0.2, -0.15) is 5.10 Å². The lowest BCUT2D eigenvalue weighted by Crippen LogP contribution is -2.45. The monoisotopic (exact) mass is 385 g/mol. The number of anilines is 1. The molecule has 3 amide bonds. The number of aryl methyl sites for hydroxylation is 1. The van der Waals surface area contributed by atoms with Crippen LogP contribution in [0.2, 0.25) is 0 Å². The van der Waals surface area contributed by atoms with Crippen LogP contribution in [-0.4, -0.2) is 65.2 Å². The molecule has 9 nitrogen and oxygen atoms in total. The third kappa shape index (κ3) is 5.17. The van der Waals surface area contributed by atoms with Crippen LogP contribution in [0.5, 0.6) is 0 Å². The van der Waals surface area contributed by atoms with Gasteiger partial charge in [-0.15, -0.1) is 0 Å². The fraction of sp³-hybridized carbons (Fsp3) is 0.368. The topological polar surface area (TPSA) is 106 Å². The fourth-order valence-electron chi connectivity index (χ4n) is 2.83. The van der Waals surface area contributed by atoms with Crippen molar-refractivity contribution in [2.75, 3.05) is 38.2 Å². The summed E-state index contributed by atoms with van der Waals surface area (Å²) in [5.74, 6) is -0.432. The van der Waals surface area contributed by atoms with E-state index in [1.165, 1.54) is 10.7 Å². The number of morpholine rings is 1. The minimum absolute atomic E-state index is 0.106. The molecule has 1 aliphatic heterocycles. The summed E-state index contributed by atoms with van der Waals surface area (Å²) in [6.07, 6.45) is 0.224. The number of carbonyl (C=O) groups is 3. The highest BCUT2D eigenvalue weighted by Crippen LogP contribution is 2.10. The number of benzene rings is 1. The van der Waals surface area contributed by atoms with E-state index in [1.54, 1.807) is 11.9 Å². The predicted molar refractivity (Wildman–Crippen MR) is 102 cm³/mol. The van der Waals surface area contributed by atoms with Crippen LogP contribution < -0.4 is 10.6 Å². The number of amides is 3. The number of ether oxygens (including phenoxy) is 1. The molecule has 0 radical (unpaired) electrons. The Labute approximate surface area is 162 Å². The number of nitrogens with one attached hydrogen (secondary N) is 2. The smallest absolute Gasteiger partial charge is 0.272 e. The van der Waals surface area contributed by atoms with Gasteiger partial charge in [-0.1, -0.05) is 30.3 Å². The Balaban J connectivity index is 1.53. The number of aromatic nitrogens is 2. The van der Waals surface area contributed by atoms with E-state index in [1.807, 2.05) is 30.3 Å². The van der Waals surface area contributed by atoms with Gasteiger partial charge >= 0.3 is 0 Å². The first-order chi connectivity index (χ1) is 13.5. The maximum atomic E-state index is 12.3. The highest BCUT2D eigenvalue weighted by Gasteiger charge is 2.19. The Bertz CT molecular complexity index is 843. The van der Waals surface area contributed by atoms with Crippen LogP contribution in [0.15, 0.2) is 36.4 Å². The van der Waals surface area contributed by atoms with Gasteiger partial charge in [0.1, 0.15) is 5.82 Å². The second-order valence-corrected chi connectivity index (χ2v) is 6.42. The van der Waals surface area contributed by atoms with Gasteiger partial charge in [0.15, 0.2) is 5.69 Å². The number of hydrogen-bond donors (Lipinski definition) is 2. The quantitative estimate of drug-likeness (QED) is 0.739. The summed E-state index contributed by atoms with van der Waals surface area (Å²) in [7, 11) is 1.63. The van der Waals surface area contributed by atoms with Gasteiger partial charge in [-0.25, -0.2) is 0 Å². The Morgan fingerprint density at radius 3 is 2.57 bits per heavy atom. The molecule has 1 aromatic heterocycles. The molecule has 1 fully saturated rings. The summed E-state index contributed by atoms with van der Waals surface area (Å²) in [4.78, 5) is 38.2. The molecule has 0 atom stereocenters. The van der Waals surface area contributed by atoms with Crippen LogP contribution >= 0.6 is 0 Å². The zero-order valence-corrected chi connectivity index (χ0v) is 15.7. The van der Waals surface area contributed by atoms with Crippen molar-refractivity contribution < 1.29 is 19.1 Å². The Hall–Kier alpha value is -3.20. The van der Waals surface area contributed by atoms with E-state index >= 15 is 0 Å². The lowest BCUT2D eigenvalue weighted by molar-refractivity contribution is -0.134. The summed E-state index contributed by atoms with van der Waals surface area (Å²) in [6, 6.07) is 10.8. The van der Waals surface area contributed by atoms with Gasteiger partial charge in [-0.3, -0.25) is 19.1 Å². The molecular formula is C19H23N5O4. The number of rotatable bonds is 6. The highest BCUT2D eigenvalue weighted by molar-refractivity contribution is 5.97. The lowest BCUT2D eigenvalue weighted by atomic mass is 10.1. The molecule has 9 heteroatoms. The van der Waals surface area contributed by atoms with Crippen molar-refractivity contribution in [2.24, 2.45) is 7.05 Å². The normalized spacial score (nSPS) is 13.8. The van der Waals surface area contributed by atoms with Crippen molar-refractivity contribution in [3.05, 3.63) is 47.7 Å². The van der Waals surface area contributed by atoms with Crippen molar-refractivity contribution in [2.45, 2.75) is 6.42 Å². The molecule has 0 unspecified atom stereocenters. The minimum Gasteiger partial charge on any atom is -0.378 e. The van der Waals surface area contributed by atoms with Gasteiger partial charge in [0.05, 0.1) is 26.2 Å². The van der Waals surface area contributed by atoms with E-state index in [0.717, 1.165) is 5.56 Å². The molecule has 1 aliphatic rings. The third-order valence-electron chi connectivity index (χ3n) is 4.35. The molecule has 0 saturated carbocycles. The molecule has 148 valence electrons. The first-order valence-electron chi connectivity index (χ1n) is 9.04. The molecule has 0 aliphatic carbocycles. The highest BCUT2D eigenvalue weighted by atomic mass is 16.5. The van der Waals surface area contributed by atoms with Crippen LogP contribution in [0.3, 0.4) is 0 Å². The number of hydrogen-bond acceptors (Lipinski definition) is 5. The Morgan fingerprint density at radius 2 is 1.86 bits per heavy atom. The van der Waals surface area contributed by atoms with E-state index in [2.05, 4.69) is 15.7 Å². The minimum atomic E-state index is -0.472. The predicted octanol–water partition coefficient (Wildman–Crippen LogP) is 0.190. The summed E-state index contributed by atoms with van der Waals surface area (Å²) in [5, 5.41) is 9.42. The van der Waals surface area contributed by atoms with Crippen LogP contribution in [-0.2, 0) is 27.8 Å². The molecule has 2 aromatic rings. The van der Waals surface area contributed by atoms with E-state index in [0.29, 0.717) is 32.1 Å². The maximum absolute atomic E-state index is 12.3. The van der Waals surface area contributed by atoms with Gasteiger partial charge in [0.2, 0.25) is 11.8 Å². The number of nitrogens with zero attached hydrogens (tertiary/aromatic N) is 3. The average molecular weight is 385 g/mol. The van der Waals surface area contributed by atoms with Gasteiger partial charge in [0, 0.05) is 26.2 Å². The second-order valence-electron chi connectivity index (χ2n) is 6.42. The van der Waals surface area contributed by atoms with E-state index in [4.69, 9.17) is 4.74 Å². The standard InChI is InChI=1S/C19H23N5O4/c1-23-16(21-17(25)11-14-5-3-2-4-6-14)12-15(22-23)19(27)20-13-18(26)24-7-9-28-10-8-24/h2-6,12H,7-11,13H2,1H3,(H,20,27)(H,21,25). The second kappa shape index (κ2) is 9.14. The van der Waals surface area contributed by atoms with E-state index < -0.39 is 5.91 Å². The Morgan fingerprint density at radius 1 is 1.14 bits per heavy atom. The third-order valence-corrected chi connectivity index (χ3v) is 4.35. The summed E-state index contributed by atoms with van der Waals surface area (Å²) in [6.45, 7) is 1.95. The van der Waals surface area contributed by atoms with Crippen LogP contribution in [0.25, 0.3) is 0 Å². The summed E-state index contributed by atoms with van der Waals surface area (Å²) >= 11 is 0. The molecule has 28 heavy (non-hydrogen) atoms. The summed E-state index contributed by atoms with van der Waals surface area (Å²) in [5.41, 5.74) is 1.02. The van der Waals surface area contributed by atoms with E-state index in [-0.39, 0.29) is 30.5 Å². The lowest BCUT2D eigenvalue weighted by Gasteiger charge is -2.26. The summed E-state index contributed by atoms with van der Waals surface area (Å²) < 4.78 is 6.62. The average Bonchev–Trinajstić information content (AvgIpc) is 3.07. The first-order valence-corrected chi connectivity index (χ1v) is 9.04. The maximum Gasteiger partial charge on any atom is 0.272 e. The van der Waals surface area contributed by atoms with Crippen molar-refractivity contribution in [3.63, 3.8) is 0 Å². The van der Waals surface area contributed by atoms with Crippen molar-refractivity contribution in [1.82, 2.24) is 20.0 Å². The zero-order chi connectivity index (χ0) is 19.9. The first kappa shape index (κ1) is 19.6. The molecule has 2 N–H and O–H groups in total. The van der Waals surface area contributed by atoms with Crippen molar-refractivity contribution in [3.8, 4) is 0 Å². The van der Waals surface area contributed by atoms with E-state index in [9.17, 15) is 14.4 Å². The zero-order valence-electron chi connectivity index (χ0n) is 15.7. The SMILES string of the molecule is Cn1nc(C(=O)NCC(=O)N2CCOCC2)cc1NC(=O)Cc1ccccc1. The Kier molecular flexibility index (Phi) is 6.38. The fourth-order valence-corrected chi connectivity index (χ4v) is 2.83. The largest absolute Gasteiger partial charge is 0.378 e. The molecular weight excluding hydrogens is 362 g/mol. The molecule has 3 rings (SSSR count). The number of carbonyl (C=O) groups excluding carboxylic acids is 3. The van der Waals surface area contributed by atoms with Gasteiger partial charge in [0.25, 0.3) is 5.91 Å². The van der Waals surface area contributed by atoms with Crippen LogP contribution in [0.1, 0.15) is 16.1 Å². The molecule has 1 saturated heterocycles.